The van der Waals surface area contributed by atoms with E-state index in [0.29, 0.717) is 11.5 Å². The molecule has 0 saturated heterocycles. The van der Waals surface area contributed by atoms with Gasteiger partial charge in [-0.25, -0.2) is 4.98 Å². The molecule has 3 heterocycles. The Labute approximate surface area is 484 Å². The minimum atomic E-state index is -0.248. The summed E-state index contributed by atoms with van der Waals surface area (Å²) >= 11 is 0. The number of nitrogens with zero attached hydrogens (tertiary/aromatic N) is 4. The van der Waals surface area contributed by atoms with Crippen LogP contribution in [0.3, 0.4) is 0 Å². The molecule has 0 bridgehead atoms. The van der Waals surface area contributed by atoms with Gasteiger partial charge >= 0.3 is 0 Å². The van der Waals surface area contributed by atoms with Gasteiger partial charge in [-0.2, -0.15) is 6.07 Å². The maximum atomic E-state index is 7.40. The van der Waals surface area contributed by atoms with Gasteiger partial charge in [0.25, 0.3) is 0 Å². The number of aromatic nitrogens is 2. The molecule has 0 N–H and O–H groups in total. The van der Waals surface area contributed by atoms with Crippen LogP contribution in [0.25, 0.3) is 83.3 Å². The van der Waals surface area contributed by atoms with E-state index in [1.54, 1.807) is 0 Å². The van der Waals surface area contributed by atoms with Crippen LogP contribution in [-0.4, -0.2) is 9.55 Å². The summed E-state index contributed by atoms with van der Waals surface area (Å²) in [5.41, 5.74) is 18.9. The molecule has 13 rings (SSSR count). The van der Waals surface area contributed by atoms with Gasteiger partial charge in [0.05, 0.1) is 0 Å². The second-order valence-corrected chi connectivity index (χ2v) is 22.5. The number of rotatable bonds is 10. The van der Waals surface area contributed by atoms with Crippen LogP contribution in [0, 0.1) is 18.8 Å². The minimum absolute atomic E-state index is 0. The second-order valence-electron chi connectivity index (χ2n) is 22.5. The predicted molar refractivity (Wildman–Crippen MR) is 329 cm³/mol. The largest absolute Gasteiger partial charge is 0.509 e. The Balaban J connectivity index is 0.00000637. The molecule has 0 aliphatic carbocycles. The molecule has 0 saturated carbocycles. The van der Waals surface area contributed by atoms with Crippen molar-refractivity contribution in [2.45, 2.75) is 52.4 Å². The Morgan fingerprint density at radius 1 is 0.438 bits per heavy atom. The van der Waals surface area contributed by atoms with Crippen LogP contribution in [0.2, 0.25) is 0 Å². The first kappa shape index (κ1) is 52.0. The fourth-order valence-corrected chi connectivity index (χ4v) is 11.2. The van der Waals surface area contributed by atoms with Crippen molar-refractivity contribution in [1.29, 1.82) is 0 Å². The smallest absolute Gasteiger partial charge is 0.135 e. The average molecular weight is 1220 g/mol. The van der Waals surface area contributed by atoms with E-state index < -0.39 is 0 Å². The zero-order chi connectivity index (χ0) is 53.8. The van der Waals surface area contributed by atoms with Crippen molar-refractivity contribution in [1.82, 2.24) is 9.55 Å². The van der Waals surface area contributed by atoms with Gasteiger partial charge in [-0.15, -0.1) is 47.6 Å². The number of pyridine rings is 1. The normalized spacial score (nSPS) is 12.4. The summed E-state index contributed by atoms with van der Waals surface area (Å²) in [6, 6.07) is 91.9. The third-order valence-corrected chi connectivity index (χ3v) is 15.2. The van der Waals surface area contributed by atoms with Crippen molar-refractivity contribution in [3.63, 3.8) is 0 Å². The molecule has 6 heteroatoms. The first-order chi connectivity index (χ1) is 38.4. The van der Waals surface area contributed by atoms with E-state index in [4.69, 9.17) is 9.72 Å². The summed E-state index contributed by atoms with van der Waals surface area (Å²) in [6.07, 6.45) is 2.04. The van der Waals surface area contributed by atoms with Gasteiger partial charge in [0.1, 0.15) is 5.82 Å². The summed E-state index contributed by atoms with van der Waals surface area (Å²) in [5, 5.41) is 2.15. The Bertz CT molecular complexity index is 4140. The molecule has 0 spiro atoms. The number of fused-ring (bicyclic) bond motifs is 4. The number of ether oxygens (including phenoxy) is 1. The average Bonchev–Trinajstić information content (AvgIpc) is 4.18. The third-order valence-electron chi connectivity index (χ3n) is 15.2. The number of anilines is 4. The molecule has 2 aromatic heterocycles. The summed E-state index contributed by atoms with van der Waals surface area (Å²) in [4.78, 5) is 9.93. The Kier molecular flexibility index (Phi) is 13.7. The van der Waals surface area contributed by atoms with Crippen molar-refractivity contribution in [3.05, 3.63) is 273 Å². The molecule has 1 aliphatic rings. The van der Waals surface area contributed by atoms with Gasteiger partial charge in [-0.1, -0.05) is 252 Å². The van der Waals surface area contributed by atoms with Crippen LogP contribution in [-0.2, 0) is 31.9 Å². The summed E-state index contributed by atoms with van der Waals surface area (Å²) in [5.74, 6) is 1.99. The Morgan fingerprint density at radius 3 is 1.52 bits per heavy atom. The van der Waals surface area contributed by atoms with Crippen LogP contribution in [0.1, 0.15) is 52.7 Å². The van der Waals surface area contributed by atoms with Crippen molar-refractivity contribution in [3.8, 4) is 73.0 Å². The van der Waals surface area contributed by atoms with Crippen LogP contribution >= 0.6 is 0 Å². The number of para-hydroxylation sites is 3. The van der Waals surface area contributed by atoms with Gasteiger partial charge in [0, 0.05) is 78.0 Å². The van der Waals surface area contributed by atoms with E-state index in [1.807, 2.05) is 6.20 Å². The number of benzene rings is 10. The molecule has 80 heavy (non-hydrogen) atoms. The molecule has 1 aliphatic heterocycles. The Hall–Kier alpha value is -8.76. The molecule has 10 aromatic carbocycles. The van der Waals surface area contributed by atoms with E-state index in [9.17, 15) is 0 Å². The Morgan fingerprint density at radius 2 is 0.963 bits per heavy atom. The molecular weight excluding hydrogens is 1160 g/mol. The minimum Gasteiger partial charge on any atom is -0.509 e. The quantitative estimate of drug-likeness (QED) is 0.128. The first-order valence-corrected chi connectivity index (χ1v) is 27.2. The van der Waals surface area contributed by atoms with Gasteiger partial charge < -0.3 is 19.1 Å². The maximum Gasteiger partial charge on any atom is 0.135 e. The topological polar surface area (TPSA) is 33.5 Å². The molecule has 0 amide bonds. The van der Waals surface area contributed by atoms with E-state index >= 15 is 0 Å². The molecule has 0 atom stereocenters. The SMILES string of the molecule is CC(C)(C)c1cc(Oc2[c-]c3c(cc2-c2ccccc2)c2cc(-c4ccccc4)ccc2n3-c2cc(C(C)(C)C)c(-c3ccccc3)cn2)[c-]c(N2[CH-]N(c3c(-c4ccccc4)cccc3-c3ccccc3)c3ccccc32)c1.[Pt]. The maximum absolute atomic E-state index is 7.40. The van der Waals surface area contributed by atoms with E-state index in [0.717, 1.165) is 112 Å². The third kappa shape index (κ3) is 9.71. The summed E-state index contributed by atoms with van der Waals surface area (Å²) in [7, 11) is 0. The summed E-state index contributed by atoms with van der Waals surface area (Å²) in [6.45, 7) is 15.8. The van der Waals surface area contributed by atoms with Crippen LogP contribution in [0.15, 0.2) is 243 Å². The zero-order valence-electron chi connectivity index (χ0n) is 45.7. The van der Waals surface area contributed by atoms with Crippen LogP contribution in [0.4, 0.5) is 22.7 Å². The predicted octanol–water partition coefficient (Wildman–Crippen LogP) is 19.9. The van der Waals surface area contributed by atoms with E-state index in [-0.39, 0.29) is 31.9 Å². The first-order valence-electron chi connectivity index (χ1n) is 27.2. The van der Waals surface area contributed by atoms with E-state index in [2.05, 4.69) is 311 Å². The van der Waals surface area contributed by atoms with Crippen molar-refractivity contribution in [2.75, 3.05) is 9.80 Å². The van der Waals surface area contributed by atoms with Gasteiger partial charge in [-0.05, 0) is 73.9 Å². The van der Waals surface area contributed by atoms with Crippen molar-refractivity contribution >= 4 is 44.6 Å². The summed E-state index contributed by atoms with van der Waals surface area (Å²) < 4.78 is 9.67. The van der Waals surface area contributed by atoms with Gasteiger partial charge in [0.2, 0.25) is 0 Å². The molecule has 12 aromatic rings. The van der Waals surface area contributed by atoms with Gasteiger partial charge in [-0.3, -0.25) is 0 Å². The molecule has 394 valence electrons. The zero-order valence-corrected chi connectivity index (χ0v) is 48.0. The molecule has 5 nitrogen and oxygen atoms in total. The molecular formula is C74H59N4OPt-3. The van der Waals surface area contributed by atoms with E-state index in [1.165, 1.54) is 5.56 Å². The molecule has 0 unspecified atom stereocenters. The van der Waals surface area contributed by atoms with Crippen molar-refractivity contribution < 1.29 is 25.8 Å². The van der Waals surface area contributed by atoms with Gasteiger partial charge in [0.15, 0.2) is 0 Å². The van der Waals surface area contributed by atoms with Crippen LogP contribution in [0.5, 0.6) is 11.5 Å². The fourth-order valence-electron chi connectivity index (χ4n) is 11.2. The standard InChI is InChI=1S/C74H59N4O.Pt/c1-73(2,3)56-42-57(76-49-77(68-38-23-22-37-67(68)76)72-59(51-27-14-8-15-28-51)35-24-36-60(72)52-29-16-9-17-30-52)44-58(43-56)79-70-47-69-63(45-61(70)53-31-18-10-19-32-53)62-41-55(50-25-12-7-13-26-50)39-40-66(62)78(69)71-46-65(74(4,5)6)64(48-75-71)54-33-20-11-21-34-54;/h7-43,45-46,48-49H,1-6H3;/q-3;. The van der Waals surface area contributed by atoms with Crippen LogP contribution < -0.4 is 14.5 Å². The second kappa shape index (κ2) is 21.1. The fraction of sp³-hybridized carbons (Fsp3) is 0.108. The van der Waals surface area contributed by atoms with Crippen molar-refractivity contribution in [2.24, 2.45) is 0 Å². The number of hydrogen-bond acceptors (Lipinski definition) is 4. The molecule has 0 fully saturated rings. The molecule has 0 radical (unpaired) electrons. The monoisotopic (exact) mass is 1210 g/mol. The number of hydrogen-bond donors (Lipinski definition) is 0.